The van der Waals surface area contributed by atoms with Gasteiger partial charge in [-0.1, -0.05) is 30.3 Å². The van der Waals surface area contributed by atoms with Crippen LogP contribution in [0.15, 0.2) is 67.0 Å². The molecule has 0 radical (unpaired) electrons. The molecular formula is C32H35F2N3O3. The first-order valence-corrected chi connectivity index (χ1v) is 13.7. The molecule has 210 valence electrons. The van der Waals surface area contributed by atoms with Gasteiger partial charge in [-0.15, -0.1) is 0 Å². The van der Waals surface area contributed by atoms with E-state index in [2.05, 4.69) is 34.6 Å². The number of aromatic nitrogens is 2. The fraction of sp³-hybridized carbons (Fsp3) is 0.344. The highest BCUT2D eigenvalue weighted by Gasteiger charge is 2.24. The number of rotatable bonds is 8. The van der Waals surface area contributed by atoms with E-state index < -0.39 is 11.6 Å². The van der Waals surface area contributed by atoms with E-state index in [0.717, 1.165) is 48.7 Å². The SMILES string of the molecule is CCOC(=O)CC1CCC(c2ccc(-c3ccc4nc(C=O)cn4c3)cc2)CC1.CNCc1c(F)cccc1F. The molecule has 0 aliphatic heterocycles. The molecule has 6 nitrogen and oxygen atoms in total. The summed E-state index contributed by atoms with van der Waals surface area (Å²) in [5.41, 5.74) is 4.92. The molecular weight excluding hydrogens is 512 g/mol. The van der Waals surface area contributed by atoms with Crippen LogP contribution in [0, 0.1) is 17.6 Å². The number of esters is 1. The van der Waals surface area contributed by atoms with Crippen LogP contribution >= 0.6 is 0 Å². The molecule has 40 heavy (non-hydrogen) atoms. The van der Waals surface area contributed by atoms with Crippen molar-refractivity contribution in [3.8, 4) is 11.1 Å². The summed E-state index contributed by atoms with van der Waals surface area (Å²) in [6, 6.07) is 16.6. The van der Waals surface area contributed by atoms with E-state index in [1.54, 1.807) is 13.2 Å². The van der Waals surface area contributed by atoms with Crippen LogP contribution in [0.1, 0.15) is 66.6 Å². The Labute approximate surface area is 233 Å². The summed E-state index contributed by atoms with van der Waals surface area (Å²) >= 11 is 0. The van der Waals surface area contributed by atoms with E-state index in [4.69, 9.17) is 4.74 Å². The Hall–Kier alpha value is -3.91. The number of fused-ring (bicyclic) bond motifs is 1. The van der Waals surface area contributed by atoms with Crippen molar-refractivity contribution in [1.82, 2.24) is 14.7 Å². The lowest BCUT2D eigenvalue weighted by molar-refractivity contribution is -0.144. The van der Waals surface area contributed by atoms with Crippen LogP contribution in [-0.4, -0.2) is 35.3 Å². The van der Waals surface area contributed by atoms with E-state index in [0.29, 0.717) is 30.6 Å². The summed E-state index contributed by atoms with van der Waals surface area (Å²) in [4.78, 5) is 26.9. The number of carbonyl (C=O) groups is 2. The number of halogens is 2. The van der Waals surface area contributed by atoms with Crippen molar-refractivity contribution in [3.63, 3.8) is 0 Å². The Bertz CT molecular complexity index is 1410. The monoisotopic (exact) mass is 547 g/mol. The van der Waals surface area contributed by atoms with Gasteiger partial charge in [-0.05, 0) is 92.4 Å². The van der Waals surface area contributed by atoms with Gasteiger partial charge in [0.1, 0.15) is 23.0 Å². The average Bonchev–Trinajstić information content (AvgIpc) is 3.39. The van der Waals surface area contributed by atoms with Crippen LogP contribution in [0.2, 0.25) is 0 Å². The van der Waals surface area contributed by atoms with Crippen molar-refractivity contribution in [2.75, 3.05) is 13.7 Å². The standard InChI is InChI=1S/C24H26N2O3.C8H9F2N/c1-2-29-24(28)13-17-3-5-18(6-4-17)19-7-9-20(10-8-19)21-11-12-23-25-22(16-27)15-26(23)14-21;1-11-5-6-7(9)3-2-4-8(6)10/h7-12,14-18H,2-6,13H2,1H3;2-4,11H,5H2,1H3. The fourth-order valence-electron chi connectivity index (χ4n) is 5.22. The molecule has 0 atom stereocenters. The zero-order chi connectivity index (χ0) is 28.5. The molecule has 0 unspecified atom stereocenters. The van der Waals surface area contributed by atoms with Gasteiger partial charge in [0.15, 0.2) is 6.29 Å². The second-order valence-electron chi connectivity index (χ2n) is 10.0. The topological polar surface area (TPSA) is 72.7 Å². The quantitative estimate of drug-likeness (QED) is 0.196. The Balaban J connectivity index is 0.000000283. The number of nitrogens with zero attached hydrogens (tertiary/aromatic N) is 2. The van der Waals surface area contributed by atoms with Gasteiger partial charge in [-0.25, -0.2) is 13.8 Å². The molecule has 0 spiro atoms. The molecule has 8 heteroatoms. The van der Waals surface area contributed by atoms with Gasteiger partial charge in [0.05, 0.1) is 6.61 Å². The zero-order valence-electron chi connectivity index (χ0n) is 22.9. The highest BCUT2D eigenvalue weighted by molar-refractivity contribution is 5.74. The van der Waals surface area contributed by atoms with E-state index in [1.165, 1.54) is 23.8 Å². The fourth-order valence-corrected chi connectivity index (χ4v) is 5.22. The number of hydrogen-bond donors (Lipinski definition) is 1. The van der Waals surface area contributed by atoms with Crippen LogP contribution in [0.3, 0.4) is 0 Å². The van der Waals surface area contributed by atoms with E-state index in [1.807, 2.05) is 29.7 Å². The molecule has 4 aromatic rings. The lowest BCUT2D eigenvalue weighted by Gasteiger charge is -2.28. The van der Waals surface area contributed by atoms with E-state index in [-0.39, 0.29) is 18.1 Å². The molecule has 0 amide bonds. The molecule has 1 N–H and O–H groups in total. The van der Waals surface area contributed by atoms with Crippen LogP contribution in [0.5, 0.6) is 0 Å². The highest BCUT2D eigenvalue weighted by atomic mass is 19.1. The van der Waals surface area contributed by atoms with Gasteiger partial charge in [0.25, 0.3) is 0 Å². The lowest BCUT2D eigenvalue weighted by atomic mass is 9.77. The van der Waals surface area contributed by atoms with Gasteiger partial charge in [0.2, 0.25) is 0 Å². The summed E-state index contributed by atoms with van der Waals surface area (Å²) in [6.45, 7) is 2.54. The number of aldehydes is 1. The van der Waals surface area contributed by atoms with Gasteiger partial charge < -0.3 is 14.5 Å². The van der Waals surface area contributed by atoms with Gasteiger partial charge in [-0.2, -0.15) is 0 Å². The normalized spacial score (nSPS) is 16.7. The van der Waals surface area contributed by atoms with E-state index >= 15 is 0 Å². The third-order valence-electron chi connectivity index (χ3n) is 7.33. The molecule has 1 fully saturated rings. The first kappa shape index (κ1) is 29.1. The number of carbonyl (C=O) groups excluding carboxylic acids is 2. The Morgan fingerprint density at radius 2 is 1.68 bits per heavy atom. The molecule has 2 heterocycles. The second kappa shape index (κ2) is 13.9. The summed E-state index contributed by atoms with van der Waals surface area (Å²) in [5.74, 6) is -0.0364. The van der Waals surface area contributed by atoms with Crippen LogP contribution in [0.4, 0.5) is 8.78 Å². The highest BCUT2D eigenvalue weighted by Crippen LogP contribution is 2.37. The zero-order valence-corrected chi connectivity index (χ0v) is 22.9. The number of ether oxygens (including phenoxy) is 1. The number of nitrogens with one attached hydrogen (secondary N) is 1. The van der Waals surface area contributed by atoms with Crippen molar-refractivity contribution in [3.05, 3.63) is 95.4 Å². The van der Waals surface area contributed by atoms with Gasteiger partial charge in [-0.3, -0.25) is 9.59 Å². The summed E-state index contributed by atoms with van der Waals surface area (Å²) in [6.07, 6.45) is 9.49. The van der Waals surface area contributed by atoms with Gasteiger partial charge in [0, 0.05) is 30.9 Å². The van der Waals surface area contributed by atoms with Crippen LogP contribution < -0.4 is 5.32 Å². The maximum absolute atomic E-state index is 12.8. The van der Waals surface area contributed by atoms with Crippen molar-refractivity contribution in [2.45, 2.75) is 51.5 Å². The summed E-state index contributed by atoms with van der Waals surface area (Å²) in [5, 5.41) is 2.69. The second-order valence-corrected chi connectivity index (χ2v) is 10.0. The summed E-state index contributed by atoms with van der Waals surface area (Å²) < 4.78 is 32.5. The minimum absolute atomic E-state index is 0.0598. The molecule has 0 saturated heterocycles. The van der Waals surface area contributed by atoms with Crippen molar-refractivity contribution >= 4 is 17.9 Å². The summed E-state index contributed by atoms with van der Waals surface area (Å²) in [7, 11) is 1.64. The average molecular weight is 548 g/mol. The predicted molar refractivity (Wildman–Crippen MR) is 151 cm³/mol. The lowest BCUT2D eigenvalue weighted by Crippen LogP contribution is -2.17. The Kier molecular flexibility index (Phi) is 10.1. The number of imidazole rings is 1. The van der Waals surface area contributed by atoms with Crippen molar-refractivity contribution in [2.24, 2.45) is 5.92 Å². The molecule has 1 saturated carbocycles. The number of hydrogen-bond acceptors (Lipinski definition) is 5. The number of benzene rings is 2. The molecule has 2 aromatic carbocycles. The maximum atomic E-state index is 12.8. The van der Waals surface area contributed by atoms with Crippen LogP contribution in [-0.2, 0) is 16.1 Å². The van der Waals surface area contributed by atoms with Crippen molar-refractivity contribution < 1.29 is 23.1 Å². The minimum Gasteiger partial charge on any atom is -0.466 e. The molecule has 1 aliphatic rings. The maximum Gasteiger partial charge on any atom is 0.306 e. The third kappa shape index (κ3) is 7.39. The Morgan fingerprint density at radius 1 is 1.00 bits per heavy atom. The predicted octanol–water partition coefficient (Wildman–Crippen LogP) is 6.73. The first-order valence-electron chi connectivity index (χ1n) is 13.7. The smallest absolute Gasteiger partial charge is 0.306 e. The Morgan fingerprint density at radius 3 is 2.30 bits per heavy atom. The van der Waals surface area contributed by atoms with Gasteiger partial charge >= 0.3 is 5.97 Å². The first-order chi connectivity index (χ1) is 19.4. The van der Waals surface area contributed by atoms with Crippen molar-refractivity contribution in [1.29, 1.82) is 0 Å². The molecule has 1 aliphatic carbocycles. The third-order valence-corrected chi connectivity index (χ3v) is 7.33. The molecule has 5 rings (SSSR count). The van der Waals surface area contributed by atoms with Crippen LogP contribution in [0.25, 0.3) is 16.8 Å². The molecule has 0 bridgehead atoms. The van der Waals surface area contributed by atoms with E-state index in [9.17, 15) is 18.4 Å². The molecule has 2 aromatic heterocycles. The minimum atomic E-state index is -0.501. The largest absolute Gasteiger partial charge is 0.466 e. The number of pyridine rings is 1.